The first-order valence-electron chi connectivity index (χ1n) is 28.0. The Hall–Kier alpha value is -7.04. The summed E-state index contributed by atoms with van der Waals surface area (Å²) in [7, 11) is 6.55. The fourth-order valence-electron chi connectivity index (χ4n) is 8.80. The van der Waals surface area contributed by atoms with Crippen LogP contribution in [0.2, 0.25) is 0 Å². The molecule has 0 saturated heterocycles. The van der Waals surface area contributed by atoms with Gasteiger partial charge in [-0.05, 0) is 72.8 Å². The maximum absolute atomic E-state index is 6.24. The number of methoxy groups -OCH3 is 4. The second kappa shape index (κ2) is 33.4. The van der Waals surface area contributed by atoms with E-state index in [2.05, 4.69) is 9.97 Å². The molecule has 0 amide bonds. The second-order valence-corrected chi connectivity index (χ2v) is 18.7. The van der Waals surface area contributed by atoms with Crippen LogP contribution in [0.4, 0.5) is 0 Å². The molecule has 0 aliphatic carbocycles. The Labute approximate surface area is 486 Å². The molecule has 0 atom stereocenters. The number of fused-ring (bicyclic) bond motifs is 20. The van der Waals surface area contributed by atoms with E-state index in [4.69, 9.17) is 106 Å². The summed E-state index contributed by atoms with van der Waals surface area (Å²) in [4.78, 5) is 38.3. The summed E-state index contributed by atoms with van der Waals surface area (Å²) < 4.78 is 90.4. The lowest BCUT2D eigenvalue weighted by Crippen LogP contribution is -2.12. The van der Waals surface area contributed by atoms with Crippen LogP contribution >= 0.6 is 0 Å². The Morgan fingerprint density at radius 2 is 0.500 bits per heavy atom. The van der Waals surface area contributed by atoms with Gasteiger partial charge in [0, 0.05) is 72.2 Å². The molecule has 0 fully saturated rings. The van der Waals surface area contributed by atoms with Crippen molar-refractivity contribution in [1.29, 1.82) is 0 Å². The highest BCUT2D eigenvalue weighted by atomic mass is 16.6. The highest BCUT2D eigenvalue weighted by Crippen LogP contribution is 2.40. The smallest absolute Gasteiger partial charge is 0.164 e. The van der Waals surface area contributed by atoms with Crippen molar-refractivity contribution >= 4 is 44.1 Å². The summed E-state index contributed by atoms with van der Waals surface area (Å²) in [5, 5.41) is 2.97. The van der Waals surface area contributed by atoms with E-state index in [1.54, 1.807) is 28.4 Å². The average molecular weight is 1160 g/mol. The van der Waals surface area contributed by atoms with Gasteiger partial charge in [-0.15, -0.1) is 0 Å². The zero-order valence-electron chi connectivity index (χ0n) is 48.1. The largest absolute Gasteiger partial charge is 0.491 e. The number of rotatable bonds is 40. The summed E-state index contributed by atoms with van der Waals surface area (Å²) in [6.07, 6.45) is 0. The quantitative estimate of drug-likeness (QED) is 0.0363. The minimum absolute atomic E-state index is 0.301. The summed E-state index contributed by atoms with van der Waals surface area (Å²) in [5.74, 6) is 4.01. The molecule has 2 aliphatic heterocycles. The number of nitrogens with zero attached hydrogens (tertiary/aromatic N) is 6. The molecule has 8 bridgehead atoms. The average Bonchev–Trinajstić information content (AvgIpc) is 4.31. The predicted octanol–water partition coefficient (Wildman–Crippen LogP) is 7.10. The van der Waals surface area contributed by atoms with Crippen molar-refractivity contribution in [2.45, 2.75) is 0 Å². The lowest BCUT2D eigenvalue weighted by atomic mass is 10.1. The van der Waals surface area contributed by atoms with Crippen LogP contribution in [-0.2, 0) is 56.8 Å². The molecule has 2 aliphatic rings. The number of hydrogen-bond donors (Lipinski definition) is 2. The van der Waals surface area contributed by atoms with E-state index in [1.807, 2.05) is 72.8 Å². The SMILES string of the molecule is COCCOCCOCCOc1ccc2c(c1)-c1nc-2nc2[nH]c(nc3nc(nc4[nH]c(n1)c1ccc(OCCOCCOCCOC)cc41)-c1ccc(OCCOCCOCCOC)cc1-3)c1ccc(OCCOCCOCCOC)cc21. The maximum atomic E-state index is 6.24. The number of aromatic nitrogens is 8. The summed E-state index contributed by atoms with van der Waals surface area (Å²) in [6, 6.07) is 23.0. The first-order valence-corrected chi connectivity index (χ1v) is 28.0. The first kappa shape index (κ1) is 61.5. The standard InChI is InChI=1S/C60H74N8O16/c1-69-13-17-73-21-25-77-29-33-81-41-5-9-45-49(37-41)57-61-53(45)66-58-51-39-43(83-35-31-79-27-23-75-19-15-71-3)7-11-47(51)55(63-58)68-60-52-40-44(84-36-32-80-28-24-76-20-16-72-4)8-12-48(52)56(64-60)67-59-50-38-42(6-10-46(50)54(62-59)65-57)82-34-30-78-26-22-74-18-14-70-2/h5-12,37-40H,13-36H2,1-4H3,(H2,61,62,63,64,65,66,67,68). The molecule has 450 valence electrons. The van der Waals surface area contributed by atoms with Crippen LogP contribution < -0.4 is 18.9 Å². The zero-order valence-corrected chi connectivity index (χ0v) is 48.1. The molecule has 2 N–H and O–H groups in total. The van der Waals surface area contributed by atoms with Crippen molar-refractivity contribution in [3.8, 4) is 68.5 Å². The van der Waals surface area contributed by atoms with E-state index in [0.717, 1.165) is 32.7 Å². The minimum atomic E-state index is 0.301. The lowest BCUT2D eigenvalue weighted by Gasteiger charge is -2.09. The maximum Gasteiger partial charge on any atom is 0.164 e. The van der Waals surface area contributed by atoms with E-state index in [9.17, 15) is 0 Å². The summed E-state index contributed by atoms with van der Waals surface area (Å²) >= 11 is 0. The van der Waals surface area contributed by atoms with E-state index in [-0.39, 0.29) is 0 Å². The second-order valence-electron chi connectivity index (χ2n) is 18.7. The van der Waals surface area contributed by atoms with Crippen LogP contribution in [0.15, 0.2) is 72.8 Å². The van der Waals surface area contributed by atoms with Gasteiger partial charge in [0.25, 0.3) is 0 Å². The molecule has 9 rings (SSSR count). The van der Waals surface area contributed by atoms with Gasteiger partial charge in [0.15, 0.2) is 23.3 Å². The van der Waals surface area contributed by atoms with E-state index >= 15 is 0 Å². The molecule has 0 saturated carbocycles. The number of aromatic amines is 2. The Balaban J connectivity index is 1.10. The molecule has 5 heterocycles. The normalized spacial score (nSPS) is 11.9. The van der Waals surface area contributed by atoms with Crippen molar-refractivity contribution in [2.24, 2.45) is 0 Å². The molecule has 84 heavy (non-hydrogen) atoms. The molecule has 24 nitrogen and oxygen atoms in total. The van der Waals surface area contributed by atoms with Gasteiger partial charge in [-0.25, -0.2) is 29.9 Å². The zero-order chi connectivity index (χ0) is 58.0. The predicted molar refractivity (Wildman–Crippen MR) is 312 cm³/mol. The van der Waals surface area contributed by atoms with Crippen molar-refractivity contribution < 1.29 is 75.8 Å². The molecule has 0 radical (unpaired) electrons. The van der Waals surface area contributed by atoms with Gasteiger partial charge < -0.3 is 85.8 Å². The Bertz CT molecular complexity index is 3130. The van der Waals surface area contributed by atoms with Crippen LogP contribution in [0.5, 0.6) is 23.0 Å². The summed E-state index contributed by atoms with van der Waals surface area (Å²) in [5.41, 5.74) is 4.81. The molecule has 0 unspecified atom stereocenters. The van der Waals surface area contributed by atoms with Crippen LogP contribution in [0.25, 0.3) is 89.7 Å². The molecule has 0 spiro atoms. The van der Waals surface area contributed by atoms with Crippen LogP contribution in [0, 0.1) is 0 Å². The van der Waals surface area contributed by atoms with Crippen LogP contribution in [0.3, 0.4) is 0 Å². The van der Waals surface area contributed by atoms with Crippen LogP contribution in [0.1, 0.15) is 0 Å². The van der Waals surface area contributed by atoms with Crippen molar-refractivity contribution in [2.75, 3.05) is 187 Å². The molecule has 4 aromatic carbocycles. The highest BCUT2D eigenvalue weighted by Gasteiger charge is 2.24. The van der Waals surface area contributed by atoms with E-state index < -0.39 is 0 Å². The monoisotopic (exact) mass is 1160 g/mol. The van der Waals surface area contributed by atoms with Gasteiger partial charge in [0.1, 0.15) is 72.0 Å². The first-order chi connectivity index (χ1) is 41.5. The van der Waals surface area contributed by atoms with Crippen molar-refractivity contribution in [1.82, 2.24) is 39.9 Å². The van der Waals surface area contributed by atoms with Gasteiger partial charge >= 0.3 is 0 Å². The fraction of sp³-hybridized carbons (Fsp3) is 0.467. The number of ether oxygens (including phenoxy) is 16. The number of hydrogen-bond acceptors (Lipinski definition) is 22. The van der Waals surface area contributed by atoms with Gasteiger partial charge in [-0.1, -0.05) is 0 Å². The Kier molecular flexibility index (Phi) is 24.5. The number of nitrogens with one attached hydrogen (secondary N) is 2. The lowest BCUT2D eigenvalue weighted by molar-refractivity contribution is 0.0180. The summed E-state index contributed by atoms with van der Waals surface area (Å²) in [6.45, 7) is 10.2. The van der Waals surface area contributed by atoms with E-state index in [0.29, 0.717) is 239 Å². The minimum Gasteiger partial charge on any atom is -0.491 e. The molecular formula is C60H74N8O16. The topological polar surface area (TPSA) is 257 Å². The van der Waals surface area contributed by atoms with Gasteiger partial charge in [0.2, 0.25) is 0 Å². The number of H-pyrrole nitrogens is 2. The van der Waals surface area contributed by atoms with Crippen LogP contribution in [-0.4, -0.2) is 227 Å². The highest BCUT2D eigenvalue weighted by molar-refractivity contribution is 6.07. The fourth-order valence-corrected chi connectivity index (χ4v) is 8.80. The molecule has 24 heteroatoms. The third-order valence-corrected chi connectivity index (χ3v) is 12.9. The molecule has 7 aromatic rings. The molecule has 3 aromatic heterocycles. The van der Waals surface area contributed by atoms with Crippen molar-refractivity contribution in [3.63, 3.8) is 0 Å². The van der Waals surface area contributed by atoms with Gasteiger partial charge in [0.05, 0.1) is 132 Å². The third-order valence-electron chi connectivity index (χ3n) is 12.9. The third kappa shape index (κ3) is 17.5. The van der Waals surface area contributed by atoms with Gasteiger partial charge in [-0.2, -0.15) is 0 Å². The number of benzene rings is 4. The molecular weight excluding hydrogens is 1090 g/mol. The van der Waals surface area contributed by atoms with Gasteiger partial charge in [-0.3, -0.25) is 0 Å². The van der Waals surface area contributed by atoms with E-state index in [1.165, 1.54) is 0 Å². The Morgan fingerprint density at radius 1 is 0.250 bits per heavy atom. The Morgan fingerprint density at radius 3 is 0.810 bits per heavy atom. The van der Waals surface area contributed by atoms with Crippen molar-refractivity contribution in [3.05, 3.63) is 72.8 Å².